The van der Waals surface area contributed by atoms with Gasteiger partial charge in [0.05, 0.1) is 5.60 Å². The standard InChI is InChI=1S/C16H20.C8H16O/c1-5-7-8-9-15-12-13(3)10-11-16(15)14(4)6-2;1-6-7(2,3)8(4,5)9/h8-12H,2,5,7H2,1,3-4H3;6,9H,1H2,2-5H3/b9-8-;. The average Bonchev–Trinajstić information content (AvgIpc) is 2.54. The highest BCUT2D eigenvalue weighted by Crippen LogP contribution is 2.30. The van der Waals surface area contributed by atoms with Crippen LogP contribution in [0.2, 0.25) is 0 Å². The Bertz CT molecular complexity index is 633. The third-order valence-corrected chi connectivity index (χ3v) is 4.72. The smallest absolute Gasteiger partial charge is 0.0676 e. The number of aliphatic hydroxyl groups is 1. The lowest BCUT2D eigenvalue weighted by Gasteiger charge is -2.34. The van der Waals surface area contributed by atoms with Gasteiger partial charge in [-0.2, -0.15) is 0 Å². The molecule has 0 aliphatic heterocycles. The van der Waals surface area contributed by atoms with Gasteiger partial charge in [0, 0.05) is 5.41 Å². The molecular weight excluding hydrogens is 304 g/mol. The number of hydrogen-bond donors (Lipinski definition) is 1. The van der Waals surface area contributed by atoms with Crippen molar-refractivity contribution >= 4 is 11.6 Å². The minimum Gasteiger partial charge on any atom is -0.390 e. The molecule has 1 aromatic carbocycles. The molecule has 0 spiro atoms. The zero-order valence-corrected chi connectivity index (χ0v) is 17.2. The lowest BCUT2D eigenvalue weighted by Crippen LogP contribution is -2.36. The minimum absolute atomic E-state index is 0.201. The Morgan fingerprint density at radius 2 is 1.84 bits per heavy atom. The number of hydrogen-bond acceptors (Lipinski definition) is 1. The summed E-state index contributed by atoms with van der Waals surface area (Å²) in [4.78, 5) is 0. The van der Waals surface area contributed by atoms with Crippen molar-refractivity contribution in [3.63, 3.8) is 0 Å². The van der Waals surface area contributed by atoms with Gasteiger partial charge in [0.1, 0.15) is 0 Å². The van der Waals surface area contributed by atoms with Crippen LogP contribution >= 0.6 is 0 Å². The Labute approximate surface area is 155 Å². The lowest BCUT2D eigenvalue weighted by molar-refractivity contribution is -0.00719. The van der Waals surface area contributed by atoms with Crippen molar-refractivity contribution in [2.75, 3.05) is 0 Å². The topological polar surface area (TPSA) is 20.2 Å². The molecule has 0 atom stereocenters. The third-order valence-electron chi connectivity index (χ3n) is 4.72. The molecule has 1 aromatic rings. The van der Waals surface area contributed by atoms with E-state index in [2.05, 4.69) is 70.0 Å². The van der Waals surface area contributed by atoms with Crippen molar-refractivity contribution in [2.24, 2.45) is 5.41 Å². The monoisotopic (exact) mass is 340 g/mol. The summed E-state index contributed by atoms with van der Waals surface area (Å²) in [7, 11) is 0. The van der Waals surface area contributed by atoms with Crippen LogP contribution in [0.1, 0.15) is 71.1 Å². The van der Waals surface area contributed by atoms with Crippen LogP contribution in [0.15, 0.2) is 49.2 Å². The number of rotatable bonds is 6. The fourth-order valence-electron chi connectivity index (χ4n) is 1.88. The zero-order chi connectivity index (χ0) is 19.7. The van der Waals surface area contributed by atoms with Gasteiger partial charge in [0.15, 0.2) is 0 Å². The van der Waals surface area contributed by atoms with E-state index in [1.165, 1.54) is 23.1 Å². The van der Waals surface area contributed by atoms with Crippen LogP contribution in [0, 0.1) is 12.3 Å². The maximum Gasteiger partial charge on any atom is 0.0676 e. The van der Waals surface area contributed by atoms with Crippen LogP contribution in [-0.2, 0) is 0 Å². The van der Waals surface area contributed by atoms with Crippen molar-refractivity contribution in [1.82, 2.24) is 0 Å². The first-order chi connectivity index (χ1) is 11.5. The van der Waals surface area contributed by atoms with Crippen molar-refractivity contribution < 1.29 is 5.11 Å². The molecule has 0 amide bonds. The van der Waals surface area contributed by atoms with Gasteiger partial charge in [-0.15, -0.1) is 12.3 Å². The first-order valence-corrected chi connectivity index (χ1v) is 9.00. The van der Waals surface area contributed by atoms with E-state index in [1.807, 2.05) is 13.8 Å². The second-order valence-electron chi connectivity index (χ2n) is 7.57. The third kappa shape index (κ3) is 7.73. The Hall–Kier alpha value is -1.82. The summed E-state index contributed by atoms with van der Waals surface area (Å²) in [6, 6.07) is 6.49. The Morgan fingerprint density at radius 1 is 1.24 bits per heavy atom. The van der Waals surface area contributed by atoms with Crippen LogP contribution < -0.4 is 0 Å². The highest BCUT2D eigenvalue weighted by Gasteiger charge is 2.31. The fourth-order valence-corrected chi connectivity index (χ4v) is 1.88. The maximum absolute atomic E-state index is 9.47. The molecule has 0 saturated carbocycles. The fraction of sp³-hybridized carbons (Fsp3) is 0.458. The first kappa shape index (κ1) is 23.2. The van der Waals surface area contributed by atoms with E-state index in [4.69, 9.17) is 0 Å². The van der Waals surface area contributed by atoms with Gasteiger partial charge in [-0.3, -0.25) is 0 Å². The molecule has 138 valence electrons. The van der Waals surface area contributed by atoms with Crippen LogP contribution in [0.25, 0.3) is 11.6 Å². The van der Waals surface area contributed by atoms with Crippen molar-refractivity contribution in [3.8, 4) is 0 Å². The van der Waals surface area contributed by atoms with Crippen LogP contribution in [0.5, 0.6) is 0 Å². The van der Waals surface area contributed by atoms with Gasteiger partial charge in [0.2, 0.25) is 0 Å². The molecule has 0 radical (unpaired) electrons. The summed E-state index contributed by atoms with van der Waals surface area (Å²) in [6.07, 6.45) is 8.52. The first-order valence-electron chi connectivity index (χ1n) is 9.00. The molecule has 0 aliphatic rings. The van der Waals surface area contributed by atoms with Crippen LogP contribution in [0.4, 0.5) is 0 Å². The quantitative estimate of drug-likeness (QED) is 0.438. The maximum atomic E-state index is 9.47. The highest BCUT2D eigenvalue weighted by molar-refractivity contribution is 5.73. The molecule has 0 aliphatic carbocycles. The molecule has 25 heavy (non-hydrogen) atoms. The number of aryl methyl sites for hydroxylation is 1. The predicted octanol–water partition coefficient (Wildman–Crippen LogP) is 6.97. The summed E-state index contributed by atoms with van der Waals surface area (Å²) >= 11 is 0. The predicted molar refractivity (Wildman–Crippen MR) is 114 cm³/mol. The minimum atomic E-state index is -0.672. The second kappa shape index (κ2) is 10.2. The van der Waals surface area contributed by atoms with Crippen molar-refractivity contribution in [2.45, 2.75) is 66.9 Å². The van der Waals surface area contributed by atoms with Gasteiger partial charge >= 0.3 is 0 Å². The molecule has 1 rings (SSSR count). The highest BCUT2D eigenvalue weighted by atomic mass is 16.3. The molecule has 0 unspecified atom stereocenters. The summed E-state index contributed by atoms with van der Waals surface area (Å²) in [5, 5.41) is 9.47. The van der Waals surface area contributed by atoms with E-state index in [0.717, 1.165) is 12.0 Å². The van der Waals surface area contributed by atoms with E-state index < -0.39 is 5.60 Å². The Kier molecular flexibility index (Phi) is 9.49. The van der Waals surface area contributed by atoms with Crippen LogP contribution in [0.3, 0.4) is 0 Å². The molecule has 1 heteroatoms. The summed E-state index contributed by atoms with van der Waals surface area (Å²) < 4.78 is 0. The number of unbranched alkanes of at least 4 members (excludes halogenated alkanes) is 1. The molecule has 1 N–H and O–H groups in total. The van der Waals surface area contributed by atoms with E-state index in [1.54, 1.807) is 19.9 Å². The zero-order valence-electron chi connectivity index (χ0n) is 17.2. The normalized spacial score (nSPS) is 11.5. The molecule has 1 nitrogen and oxygen atoms in total. The van der Waals surface area contributed by atoms with E-state index >= 15 is 0 Å². The van der Waals surface area contributed by atoms with E-state index in [9.17, 15) is 5.11 Å². The molecule has 0 bridgehead atoms. The number of allylic oxidation sites excluding steroid dienone is 2. The van der Waals surface area contributed by atoms with Gasteiger partial charge in [0.25, 0.3) is 0 Å². The van der Waals surface area contributed by atoms with Gasteiger partial charge in [-0.05, 0) is 50.8 Å². The SMILES string of the molecule is C=C=C(C)c1ccc(C)cc1/C=C\CCC.C=CC(C)(C)C(C)(C)O. The summed E-state index contributed by atoms with van der Waals surface area (Å²) in [6.45, 7) is 21.2. The van der Waals surface area contributed by atoms with Gasteiger partial charge < -0.3 is 5.11 Å². The summed E-state index contributed by atoms with van der Waals surface area (Å²) in [5.74, 6) is 0. The molecule has 0 aromatic heterocycles. The van der Waals surface area contributed by atoms with Gasteiger partial charge in [-0.1, -0.05) is 75.8 Å². The Balaban J connectivity index is 0.000000547. The van der Waals surface area contributed by atoms with Crippen molar-refractivity contribution in [3.05, 3.63) is 65.9 Å². The van der Waals surface area contributed by atoms with E-state index in [0.29, 0.717) is 0 Å². The molecule has 0 heterocycles. The molecule has 0 fully saturated rings. The molecular formula is C24H36O. The summed E-state index contributed by atoms with van der Waals surface area (Å²) in [5.41, 5.74) is 6.98. The van der Waals surface area contributed by atoms with Crippen LogP contribution in [-0.4, -0.2) is 10.7 Å². The average molecular weight is 341 g/mol. The lowest BCUT2D eigenvalue weighted by atomic mass is 9.78. The number of benzene rings is 1. The second-order valence-corrected chi connectivity index (χ2v) is 7.57. The van der Waals surface area contributed by atoms with Crippen molar-refractivity contribution in [1.29, 1.82) is 0 Å². The largest absolute Gasteiger partial charge is 0.390 e. The Morgan fingerprint density at radius 3 is 2.24 bits per heavy atom. The van der Waals surface area contributed by atoms with E-state index in [-0.39, 0.29) is 5.41 Å². The van der Waals surface area contributed by atoms with Gasteiger partial charge in [-0.25, -0.2) is 0 Å². The molecule has 0 saturated heterocycles.